The van der Waals surface area contributed by atoms with Gasteiger partial charge in [0.25, 0.3) is 0 Å². The van der Waals surface area contributed by atoms with Gasteiger partial charge in [0.2, 0.25) is 0 Å². The molecular formula is C6H12N4O. The van der Waals surface area contributed by atoms with E-state index in [9.17, 15) is 0 Å². The lowest BCUT2D eigenvalue weighted by Gasteiger charge is -2.26. The van der Waals surface area contributed by atoms with Crippen LogP contribution in [0.4, 0.5) is 0 Å². The number of nitrogens with two attached hydrogens (primary N) is 1. The Kier molecular flexibility index (Phi) is 2.43. The summed E-state index contributed by atoms with van der Waals surface area (Å²) >= 11 is 0. The lowest BCUT2D eigenvalue weighted by molar-refractivity contribution is -0.0869. The molecular weight excluding hydrogens is 144 g/mol. The molecule has 1 rings (SSSR count). The lowest BCUT2D eigenvalue weighted by atomic mass is 10.2. The highest BCUT2D eigenvalue weighted by atomic mass is 16.7. The summed E-state index contributed by atoms with van der Waals surface area (Å²) in [6.45, 7) is 2.01. The van der Waals surface area contributed by atoms with E-state index in [1.165, 1.54) is 0 Å². The summed E-state index contributed by atoms with van der Waals surface area (Å²) in [6.07, 6.45) is 2.31. The third-order valence-corrected chi connectivity index (χ3v) is 1.59. The molecule has 0 amide bonds. The zero-order chi connectivity index (χ0) is 8.27. The number of hydrazone groups is 1. The van der Waals surface area contributed by atoms with E-state index in [2.05, 4.69) is 10.1 Å². The summed E-state index contributed by atoms with van der Waals surface area (Å²) < 4.78 is 0. The van der Waals surface area contributed by atoms with Crippen molar-refractivity contribution < 1.29 is 4.84 Å². The monoisotopic (exact) mass is 156 g/mol. The summed E-state index contributed by atoms with van der Waals surface area (Å²) in [7, 11) is 1.60. The van der Waals surface area contributed by atoms with E-state index < -0.39 is 0 Å². The van der Waals surface area contributed by atoms with Gasteiger partial charge in [-0.05, 0) is 6.92 Å². The molecule has 0 fully saturated rings. The van der Waals surface area contributed by atoms with Gasteiger partial charge in [-0.15, -0.1) is 0 Å². The number of amidine groups is 1. The fourth-order valence-corrected chi connectivity index (χ4v) is 0.957. The van der Waals surface area contributed by atoms with Gasteiger partial charge >= 0.3 is 0 Å². The van der Waals surface area contributed by atoms with Crippen LogP contribution in [-0.4, -0.2) is 30.4 Å². The molecule has 5 heteroatoms. The molecule has 1 aliphatic rings. The van der Waals surface area contributed by atoms with Gasteiger partial charge in [-0.25, -0.2) is 10.1 Å². The molecule has 5 nitrogen and oxygen atoms in total. The van der Waals surface area contributed by atoms with Crippen LogP contribution >= 0.6 is 0 Å². The second-order valence-electron chi connectivity index (χ2n) is 2.39. The van der Waals surface area contributed by atoms with Crippen LogP contribution in [0.1, 0.15) is 13.3 Å². The van der Waals surface area contributed by atoms with Gasteiger partial charge in [-0.2, -0.15) is 5.10 Å². The van der Waals surface area contributed by atoms with E-state index in [0.717, 1.165) is 6.42 Å². The molecule has 1 unspecified atom stereocenters. The Bertz CT molecular complexity index is 189. The molecule has 0 spiro atoms. The summed E-state index contributed by atoms with van der Waals surface area (Å²) in [4.78, 5) is 8.94. The molecule has 62 valence electrons. The molecule has 0 aromatic heterocycles. The Morgan fingerprint density at radius 1 is 1.91 bits per heavy atom. The van der Waals surface area contributed by atoms with E-state index in [1.807, 2.05) is 6.92 Å². The first-order chi connectivity index (χ1) is 5.27. The first-order valence-corrected chi connectivity index (χ1v) is 3.41. The number of hydroxylamine groups is 2. The number of hydrogen-bond donors (Lipinski definition) is 1. The van der Waals surface area contributed by atoms with Crippen molar-refractivity contribution in [1.29, 1.82) is 0 Å². The predicted octanol–water partition coefficient (Wildman–Crippen LogP) is -0.0575. The highest BCUT2D eigenvalue weighted by Crippen LogP contribution is 2.08. The van der Waals surface area contributed by atoms with Crippen LogP contribution in [-0.2, 0) is 4.84 Å². The SMILES string of the molecule is CON1C=NC(=NN)CC1C. The number of nitrogens with zero attached hydrogens (tertiary/aromatic N) is 3. The summed E-state index contributed by atoms with van der Waals surface area (Å²) in [6, 6.07) is 0.250. The Labute approximate surface area is 65.5 Å². The van der Waals surface area contributed by atoms with Crippen molar-refractivity contribution >= 4 is 12.2 Å². The van der Waals surface area contributed by atoms with Gasteiger partial charge in [-0.3, -0.25) is 4.84 Å². The summed E-state index contributed by atoms with van der Waals surface area (Å²) in [5.41, 5.74) is 0. The quantitative estimate of drug-likeness (QED) is 0.427. The Hall–Kier alpha value is -1.10. The van der Waals surface area contributed by atoms with Crippen LogP contribution in [0.5, 0.6) is 0 Å². The van der Waals surface area contributed by atoms with Crippen LogP contribution in [0.15, 0.2) is 10.1 Å². The van der Waals surface area contributed by atoms with Crippen LogP contribution in [0.3, 0.4) is 0 Å². The minimum Gasteiger partial charge on any atom is -0.322 e. The normalized spacial score (nSPS) is 28.0. The van der Waals surface area contributed by atoms with Crippen molar-refractivity contribution in [3.05, 3.63) is 0 Å². The molecule has 1 aliphatic heterocycles. The highest BCUT2D eigenvalue weighted by molar-refractivity contribution is 5.91. The van der Waals surface area contributed by atoms with Crippen molar-refractivity contribution in [3.63, 3.8) is 0 Å². The Morgan fingerprint density at radius 3 is 3.09 bits per heavy atom. The summed E-state index contributed by atoms with van der Waals surface area (Å²) in [5, 5.41) is 5.16. The van der Waals surface area contributed by atoms with Crippen LogP contribution in [0, 0.1) is 0 Å². The maximum Gasteiger partial charge on any atom is 0.151 e. The van der Waals surface area contributed by atoms with Crippen molar-refractivity contribution in [1.82, 2.24) is 5.06 Å². The Morgan fingerprint density at radius 2 is 2.64 bits per heavy atom. The number of aliphatic imine (C=N–C) groups is 1. The molecule has 0 aromatic carbocycles. The molecule has 0 saturated carbocycles. The van der Waals surface area contributed by atoms with E-state index in [0.29, 0.717) is 5.84 Å². The first-order valence-electron chi connectivity index (χ1n) is 3.41. The maximum atomic E-state index is 5.07. The van der Waals surface area contributed by atoms with Crippen molar-refractivity contribution in [2.45, 2.75) is 19.4 Å². The minimum absolute atomic E-state index is 0.250. The average molecular weight is 156 g/mol. The zero-order valence-electron chi connectivity index (χ0n) is 6.69. The van der Waals surface area contributed by atoms with E-state index in [1.54, 1.807) is 18.5 Å². The van der Waals surface area contributed by atoms with Crippen molar-refractivity contribution in [2.75, 3.05) is 7.11 Å². The average Bonchev–Trinajstić information content (AvgIpc) is 2.04. The smallest absolute Gasteiger partial charge is 0.151 e. The fourth-order valence-electron chi connectivity index (χ4n) is 0.957. The largest absolute Gasteiger partial charge is 0.322 e. The van der Waals surface area contributed by atoms with Gasteiger partial charge in [0.05, 0.1) is 13.2 Å². The van der Waals surface area contributed by atoms with Gasteiger partial charge in [-0.1, -0.05) is 0 Å². The predicted molar refractivity (Wildman–Crippen MR) is 43.0 cm³/mol. The van der Waals surface area contributed by atoms with Gasteiger partial charge in [0, 0.05) is 6.42 Å². The number of rotatable bonds is 1. The standard InChI is InChI=1S/C6H12N4O/c1-5-3-6(9-7)8-4-10(5)11-2/h4-5H,3,7H2,1-2H3. The molecule has 1 heterocycles. The van der Waals surface area contributed by atoms with E-state index >= 15 is 0 Å². The van der Waals surface area contributed by atoms with E-state index in [4.69, 9.17) is 10.7 Å². The zero-order valence-corrected chi connectivity index (χ0v) is 6.69. The van der Waals surface area contributed by atoms with Gasteiger partial charge < -0.3 is 5.84 Å². The highest BCUT2D eigenvalue weighted by Gasteiger charge is 2.17. The first kappa shape index (κ1) is 8.00. The lowest BCUT2D eigenvalue weighted by Crippen LogP contribution is -2.36. The maximum absolute atomic E-state index is 5.07. The molecule has 1 atom stereocenters. The molecule has 0 saturated heterocycles. The number of hydrogen-bond acceptors (Lipinski definition) is 4. The summed E-state index contributed by atoms with van der Waals surface area (Å²) in [5.74, 6) is 5.73. The van der Waals surface area contributed by atoms with Crippen LogP contribution < -0.4 is 5.84 Å². The second kappa shape index (κ2) is 3.34. The third kappa shape index (κ3) is 1.68. The van der Waals surface area contributed by atoms with Crippen molar-refractivity contribution in [3.8, 4) is 0 Å². The van der Waals surface area contributed by atoms with Gasteiger partial charge in [0.1, 0.15) is 6.34 Å². The third-order valence-electron chi connectivity index (χ3n) is 1.59. The molecule has 0 aromatic rings. The van der Waals surface area contributed by atoms with Gasteiger partial charge in [0.15, 0.2) is 5.84 Å². The minimum atomic E-state index is 0.250. The molecule has 0 bridgehead atoms. The van der Waals surface area contributed by atoms with Crippen LogP contribution in [0.2, 0.25) is 0 Å². The fraction of sp³-hybridized carbons (Fsp3) is 0.667. The molecule has 0 aliphatic carbocycles. The van der Waals surface area contributed by atoms with Crippen molar-refractivity contribution in [2.24, 2.45) is 15.9 Å². The van der Waals surface area contributed by atoms with Crippen LogP contribution in [0.25, 0.3) is 0 Å². The molecule has 2 N–H and O–H groups in total. The topological polar surface area (TPSA) is 63.2 Å². The molecule has 0 radical (unpaired) electrons. The Balaban J connectivity index is 2.66. The van der Waals surface area contributed by atoms with E-state index in [-0.39, 0.29) is 6.04 Å². The molecule has 11 heavy (non-hydrogen) atoms. The second-order valence-corrected chi connectivity index (χ2v) is 2.39.